The molecule has 0 aliphatic carbocycles. The predicted molar refractivity (Wildman–Crippen MR) is 139 cm³/mol. The van der Waals surface area contributed by atoms with E-state index in [1.165, 1.54) is 12.1 Å². The third-order valence-corrected chi connectivity index (χ3v) is 7.93. The summed E-state index contributed by atoms with van der Waals surface area (Å²) in [7, 11) is -1.36. The third kappa shape index (κ3) is 5.26. The highest BCUT2D eigenvalue weighted by atomic mass is 32.2. The van der Waals surface area contributed by atoms with E-state index in [0.29, 0.717) is 18.7 Å². The average Bonchev–Trinajstić information content (AvgIpc) is 3.21. The quantitative estimate of drug-likeness (QED) is 0.429. The number of benzene rings is 2. The molecule has 1 N–H and O–H groups in total. The molecule has 0 bridgehead atoms. The minimum Gasteiger partial charge on any atom is -0.461 e. The second-order valence-electron chi connectivity index (χ2n) is 9.71. The van der Waals surface area contributed by atoms with Gasteiger partial charge >= 0.3 is 5.97 Å². The van der Waals surface area contributed by atoms with Gasteiger partial charge in [0.25, 0.3) is 0 Å². The third-order valence-electron chi connectivity index (χ3n) is 6.07. The molecule has 36 heavy (non-hydrogen) atoms. The van der Waals surface area contributed by atoms with Crippen LogP contribution in [0.25, 0.3) is 22.4 Å². The lowest BCUT2D eigenvalue weighted by Crippen LogP contribution is -2.36. The number of carbonyl (C=O) groups is 1. The van der Waals surface area contributed by atoms with Gasteiger partial charge in [-0.2, -0.15) is 0 Å². The Kier molecular flexibility index (Phi) is 7.68. The SMILES string of the molecule is CCOC(=O)c1cc2c(c(-c3cccc(-c4cccc(F)c4)c3)n1)[C@H](CCO)N(S(=O)C(C)(C)C)C2. The van der Waals surface area contributed by atoms with Crippen molar-refractivity contribution >= 4 is 17.0 Å². The number of aliphatic hydroxyl groups excluding tert-OH is 1. The Balaban J connectivity index is 1.90. The van der Waals surface area contributed by atoms with Gasteiger partial charge in [-0.25, -0.2) is 22.7 Å². The van der Waals surface area contributed by atoms with E-state index in [-0.39, 0.29) is 30.8 Å². The van der Waals surface area contributed by atoms with E-state index in [1.54, 1.807) is 19.1 Å². The molecule has 4 rings (SSSR count). The summed E-state index contributed by atoms with van der Waals surface area (Å²) in [6.45, 7) is 7.95. The van der Waals surface area contributed by atoms with Gasteiger partial charge in [0.05, 0.1) is 23.1 Å². The van der Waals surface area contributed by atoms with E-state index in [4.69, 9.17) is 9.72 Å². The summed E-state index contributed by atoms with van der Waals surface area (Å²) in [5.74, 6) is -0.860. The molecule has 0 saturated carbocycles. The Morgan fingerprint density at radius 1 is 1.14 bits per heavy atom. The summed E-state index contributed by atoms with van der Waals surface area (Å²) in [6.07, 6.45) is 0.367. The first kappa shape index (κ1) is 26.1. The van der Waals surface area contributed by atoms with Crippen LogP contribution in [-0.4, -0.2) is 42.5 Å². The highest BCUT2D eigenvalue weighted by molar-refractivity contribution is 7.84. The number of hydrogen-bond acceptors (Lipinski definition) is 5. The second-order valence-corrected chi connectivity index (χ2v) is 11.9. The molecule has 1 aliphatic rings. The number of aromatic nitrogens is 1. The van der Waals surface area contributed by atoms with Gasteiger partial charge in [-0.05, 0) is 75.1 Å². The molecule has 1 aliphatic heterocycles. The number of nitrogens with zero attached hydrogens (tertiary/aromatic N) is 2. The molecule has 6 nitrogen and oxygen atoms in total. The Hall–Kier alpha value is -2.94. The first-order chi connectivity index (χ1) is 17.1. The van der Waals surface area contributed by atoms with E-state index in [0.717, 1.165) is 27.8 Å². The molecule has 3 aromatic rings. The van der Waals surface area contributed by atoms with Crippen molar-refractivity contribution in [2.75, 3.05) is 13.2 Å². The van der Waals surface area contributed by atoms with E-state index in [2.05, 4.69) is 0 Å². The maximum atomic E-state index is 13.9. The van der Waals surface area contributed by atoms with Gasteiger partial charge in [-0.1, -0.05) is 30.3 Å². The van der Waals surface area contributed by atoms with Gasteiger partial charge in [0.15, 0.2) is 0 Å². The van der Waals surface area contributed by atoms with Gasteiger partial charge < -0.3 is 9.84 Å². The molecule has 0 radical (unpaired) electrons. The number of rotatable bonds is 7. The maximum absolute atomic E-state index is 13.9. The van der Waals surface area contributed by atoms with Crippen molar-refractivity contribution in [3.05, 3.63) is 77.2 Å². The van der Waals surface area contributed by atoms with Crippen molar-refractivity contribution in [1.82, 2.24) is 9.29 Å². The number of pyridine rings is 1. The van der Waals surface area contributed by atoms with Gasteiger partial charge in [0.1, 0.15) is 22.5 Å². The Labute approximate surface area is 213 Å². The van der Waals surface area contributed by atoms with Crippen LogP contribution in [0.3, 0.4) is 0 Å². The van der Waals surface area contributed by atoms with Gasteiger partial charge in [-0.15, -0.1) is 0 Å². The number of aliphatic hydroxyl groups is 1. The van der Waals surface area contributed by atoms with Crippen molar-refractivity contribution in [2.45, 2.75) is 51.4 Å². The number of fused-ring (bicyclic) bond motifs is 1. The summed E-state index contributed by atoms with van der Waals surface area (Å²) in [4.78, 5) is 17.4. The van der Waals surface area contributed by atoms with Crippen molar-refractivity contribution in [3.8, 4) is 22.4 Å². The smallest absolute Gasteiger partial charge is 0.356 e. The highest BCUT2D eigenvalue weighted by Gasteiger charge is 2.40. The topological polar surface area (TPSA) is 79.7 Å². The van der Waals surface area contributed by atoms with Gasteiger partial charge in [0.2, 0.25) is 0 Å². The molecule has 0 spiro atoms. The van der Waals surface area contributed by atoms with Crippen molar-refractivity contribution in [1.29, 1.82) is 0 Å². The molecule has 1 aromatic heterocycles. The van der Waals surface area contributed by atoms with Crippen LogP contribution >= 0.6 is 0 Å². The van der Waals surface area contributed by atoms with Crippen LogP contribution in [0.2, 0.25) is 0 Å². The molecular formula is C28H31FN2O4S. The van der Waals surface area contributed by atoms with Crippen LogP contribution in [0, 0.1) is 5.82 Å². The maximum Gasteiger partial charge on any atom is 0.356 e. The largest absolute Gasteiger partial charge is 0.461 e. The van der Waals surface area contributed by atoms with Gasteiger partial charge in [0, 0.05) is 24.3 Å². The normalized spacial score (nSPS) is 16.6. The minimum atomic E-state index is -1.36. The zero-order chi connectivity index (χ0) is 26.0. The summed E-state index contributed by atoms with van der Waals surface area (Å²) >= 11 is 0. The molecule has 0 amide bonds. The van der Waals surface area contributed by atoms with Crippen molar-refractivity contribution < 1.29 is 23.2 Å². The molecule has 190 valence electrons. The molecule has 0 saturated heterocycles. The zero-order valence-electron chi connectivity index (χ0n) is 21.0. The molecule has 2 atom stereocenters. The van der Waals surface area contributed by atoms with Crippen molar-refractivity contribution in [3.63, 3.8) is 0 Å². The Morgan fingerprint density at radius 3 is 2.44 bits per heavy atom. The number of carbonyl (C=O) groups excluding carboxylic acids is 1. The van der Waals surface area contributed by atoms with E-state index in [1.807, 2.05) is 55.4 Å². The average molecular weight is 511 g/mol. The van der Waals surface area contributed by atoms with Crippen LogP contribution in [-0.2, 0) is 22.3 Å². The Morgan fingerprint density at radius 2 is 1.81 bits per heavy atom. The molecule has 0 fully saturated rings. The lowest BCUT2D eigenvalue weighted by Gasteiger charge is -2.30. The van der Waals surface area contributed by atoms with Crippen LogP contribution in [0.4, 0.5) is 4.39 Å². The summed E-state index contributed by atoms with van der Waals surface area (Å²) in [6, 6.07) is 15.3. The number of ether oxygens (including phenoxy) is 1. The zero-order valence-corrected chi connectivity index (χ0v) is 21.8. The lowest BCUT2D eigenvalue weighted by molar-refractivity contribution is 0.0519. The fourth-order valence-corrected chi connectivity index (χ4v) is 5.91. The van der Waals surface area contributed by atoms with Crippen LogP contribution in [0.15, 0.2) is 54.6 Å². The summed E-state index contributed by atoms with van der Waals surface area (Å²) in [5, 5.41) is 9.89. The van der Waals surface area contributed by atoms with Crippen LogP contribution in [0.5, 0.6) is 0 Å². The first-order valence-electron chi connectivity index (χ1n) is 12.0. The number of halogens is 1. The molecule has 8 heteroatoms. The Bertz CT molecular complexity index is 1300. The second kappa shape index (κ2) is 10.6. The van der Waals surface area contributed by atoms with Crippen LogP contribution < -0.4 is 0 Å². The van der Waals surface area contributed by atoms with Crippen molar-refractivity contribution in [2.24, 2.45) is 0 Å². The predicted octanol–water partition coefficient (Wildman–Crippen LogP) is 5.43. The van der Waals surface area contributed by atoms with E-state index >= 15 is 0 Å². The van der Waals surface area contributed by atoms with Gasteiger partial charge in [-0.3, -0.25) is 0 Å². The number of hydrogen-bond donors (Lipinski definition) is 1. The lowest BCUT2D eigenvalue weighted by atomic mass is 9.94. The summed E-state index contributed by atoms with van der Waals surface area (Å²) in [5.41, 5.74) is 4.67. The number of esters is 1. The first-order valence-corrected chi connectivity index (χ1v) is 13.1. The fraction of sp³-hybridized carbons (Fsp3) is 0.357. The summed E-state index contributed by atoms with van der Waals surface area (Å²) < 4.78 is 34.0. The van der Waals surface area contributed by atoms with Crippen LogP contribution in [0.1, 0.15) is 61.8 Å². The molecule has 2 heterocycles. The molecular weight excluding hydrogens is 479 g/mol. The molecule has 1 unspecified atom stereocenters. The minimum absolute atomic E-state index is 0.0929. The standard InChI is InChI=1S/C28H31FN2O4S/c1-5-35-27(33)23-16-21-17-31(36(34)28(2,3)4)24(12-13-32)25(21)26(30-23)20-10-6-8-18(14-20)19-9-7-11-22(29)15-19/h6-11,14-16,24,32H,5,12-13,17H2,1-4H3/t24-,36?/m0/s1. The monoisotopic (exact) mass is 510 g/mol. The molecule has 2 aromatic carbocycles. The highest BCUT2D eigenvalue weighted by Crippen LogP contribution is 2.44. The van der Waals surface area contributed by atoms with E-state index in [9.17, 15) is 18.5 Å². The fourth-order valence-electron chi connectivity index (χ4n) is 4.51. The van der Waals surface area contributed by atoms with E-state index < -0.39 is 21.7 Å².